The van der Waals surface area contributed by atoms with Crippen LogP contribution in [0.15, 0.2) is 48.5 Å². The van der Waals surface area contributed by atoms with Crippen molar-refractivity contribution in [2.45, 2.75) is 33.1 Å². The summed E-state index contributed by atoms with van der Waals surface area (Å²) in [6, 6.07) is 13.7. The summed E-state index contributed by atoms with van der Waals surface area (Å²) in [5, 5.41) is 15.0. The molecule has 0 aliphatic carbocycles. The van der Waals surface area contributed by atoms with Crippen molar-refractivity contribution in [1.82, 2.24) is 10.3 Å². The highest BCUT2D eigenvalue weighted by Crippen LogP contribution is 2.40. The van der Waals surface area contributed by atoms with Crippen molar-refractivity contribution in [3.8, 4) is 22.6 Å². The molecule has 11 heteroatoms. The molecular formula is C30H35N3O8. The maximum atomic E-state index is 12.8. The molecule has 0 amide bonds. The van der Waals surface area contributed by atoms with Crippen molar-refractivity contribution in [2.75, 3.05) is 40.5 Å². The van der Waals surface area contributed by atoms with E-state index >= 15 is 0 Å². The van der Waals surface area contributed by atoms with E-state index in [1.165, 1.54) is 32.4 Å². The second kappa shape index (κ2) is 15.3. The molecule has 1 aromatic heterocycles. The van der Waals surface area contributed by atoms with Gasteiger partial charge in [0, 0.05) is 23.3 Å². The van der Waals surface area contributed by atoms with Crippen molar-refractivity contribution in [3.63, 3.8) is 0 Å². The number of methoxy groups -OCH3 is 2. The van der Waals surface area contributed by atoms with Crippen molar-refractivity contribution in [3.05, 3.63) is 81.2 Å². The number of esters is 2. The molecule has 0 fully saturated rings. The van der Waals surface area contributed by atoms with E-state index in [-0.39, 0.29) is 33.7 Å². The Morgan fingerprint density at radius 2 is 1.46 bits per heavy atom. The highest BCUT2D eigenvalue weighted by molar-refractivity contribution is 6.08. The summed E-state index contributed by atoms with van der Waals surface area (Å²) in [4.78, 5) is 41.1. The SMILES string of the molecule is COC(=O)c1c(C)nc(C)c(C(=O)OC)c1-c1cc([N+](=O)[O-])ccc1OCCCCNCCCOc1ccccc1. The zero-order valence-corrected chi connectivity index (χ0v) is 23.7. The molecule has 3 aromatic rings. The van der Waals surface area contributed by atoms with Gasteiger partial charge in [-0.2, -0.15) is 0 Å². The van der Waals surface area contributed by atoms with E-state index in [1.54, 1.807) is 13.8 Å². The van der Waals surface area contributed by atoms with Gasteiger partial charge in [-0.1, -0.05) is 18.2 Å². The van der Waals surface area contributed by atoms with Crippen molar-refractivity contribution < 1.29 is 33.5 Å². The Bertz CT molecular complexity index is 1320. The normalized spacial score (nSPS) is 10.6. The van der Waals surface area contributed by atoms with E-state index in [4.69, 9.17) is 18.9 Å². The maximum Gasteiger partial charge on any atom is 0.340 e. The van der Waals surface area contributed by atoms with Crippen molar-refractivity contribution in [1.29, 1.82) is 0 Å². The van der Waals surface area contributed by atoms with Crippen LogP contribution in [0.4, 0.5) is 5.69 Å². The molecule has 0 spiro atoms. The van der Waals surface area contributed by atoms with Crippen LogP contribution in [0.25, 0.3) is 11.1 Å². The zero-order chi connectivity index (χ0) is 29.8. The molecule has 3 rings (SSSR count). The number of nitrogens with one attached hydrogen (secondary N) is 1. The number of nitro benzene ring substituents is 1. The van der Waals surface area contributed by atoms with E-state index in [9.17, 15) is 19.7 Å². The molecule has 0 radical (unpaired) electrons. The van der Waals surface area contributed by atoms with Crippen LogP contribution in [0.1, 0.15) is 51.4 Å². The lowest BCUT2D eigenvalue weighted by Gasteiger charge is -2.19. The Hall–Kier alpha value is -4.51. The monoisotopic (exact) mass is 565 g/mol. The molecule has 0 aliphatic heterocycles. The van der Waals surface area contributed by atoms with Gasteiger partial charge in [-0.05, 0) is 64.4 Å². The first-order valence-electron chi connectivity index (χ1n) is 13.3. The predicted octanol–water partition coefficient (Wildman–Crippen LogP) is 5.06. The predicted molar refractivity (Wildman–Crippen MR) is 153 cm³/mol. The minimum absolute atomic E-state index is 0.00397. The molecule has 0 atom stereocenters. The number of pyridine rings is 1. The van der Waals surface area contributed by atoms with Crippen LogP contribution < -0.4 is 14.8 Å². The number of hydrogen-bond acceptors (Lipinski definition) is 10. The molecule has 11 nitrogen and oxygen atoms in total. The molecule has 1 heterocycles. The molecule has 0 aliphatic rings. The fraction of sp³-hybridized carbons (Fsp3) is 0.367. The van der Waals surface area contributed by atoms with Gasteiger partial charge in [-0.15, -0.1) is 0 Å². The third-order valence-corrected chi connectivity index (χ3v) is 6.30. The quantitative estimate of drug-likeness (QED) is 0.115. The number of aryl methyl sites for hydroxylation is 2. The lowest BCUT2D eigenvalue weighted by Crippen LogP contribution is -2.19. The van der Waals surface area contributed by atoms with Gasteiger partial charge >= 0.3 is 11.9 Å². The Kier molecular flexibility index (Phi) is 11.6. The number of carbonyl (C=O) groups is 2. The molecule has 41 heavy (non-hydrogen) atoms. The van der Waals surface area contributed by atoms with E-state index in [0.29, 0.717) is 31.0 Å². The number of unbranched alkanes of at least 4 members (excludes halogenated alkanes) is 1. The number of ether oxygens (including phenoxy) is 4. The average Bonchev–Trinajstić information content (AvgIpc) is 2.97. The number of nitro groups is 1. The lowest BCUT2D eigenvalue weighted by molar-refractivity contribution is -0.384. The Morgan fingerprint density at radius 3 is 2.07 bits per heavy atom. The molecule has 0 saturated carbocycles. The first kappa shape index (κ1) is 31.0. The Labute approximate surface area is 238 Å². The number of carbonyl (C=O) groups excluding carboxylic acids is 2. The van der Waals surface area contributed by atoms with E-state index in [2.05, 4.69) is 10.3 Å². The molecule has 1 N–H and O–H groups in total. The van der Waals surface area contributed by atoms with Gasteiger partial charge in [0.1, 0.15) is 11.5 Å². The van der Waals surface area contributed by atoms with Gasteiger partial charge in [0.25, 0.3) is 5.69 Å². The minimum Gasteiger partial charge on any atom is -0.494 e. The summed E-state index contributed by atoms with van der Waals surface area (Å²) in [5.41, 5.74) is 0.696. The highest BCUT2D eigenvalue weighted by Gasteiger charge is 2.30. The third kappa shape index (κ3) is 8.24. The fourth-order valence-electron chi connectivity index (χ4n) is 4.34. The zero-order valence-electron chi connectivity index (χ0n) is 23.7. The molecule has 0 unspecified atom stereocenters. The van der Waals surface area contributed by atoms with Gasteiger partial charge in [0.05, 0.1) is 54.9 Å². The summed E-state index contributed by atoms with van der Waals surface area (Å²) < 4.78 is 21.7. The third-order valence-electron chi connectivity index (χ3n) is 6.30. The molecule has 0 bridgehead atoms. The van der Waals surface area contributed by atoms with Crippen LogP contribution >= 0.6 is 0 Å². The number of hydrogen-bond donors (Lipinski definition) is 1. The second-order valence-corrected chi connectivity index (χ2v) is 9.15. The van der Waals surface area contributed by atoms with Crippen LogP contribution in [-0.4, -0.2) is 62.4 Å². The number of aromatic nitrogens is 1. The number of nitrogens with zero attached hydrogens (tertiary/aromatic N) is 2. The van der Waals surface area contributed by atoms with Crippen LogP contribution in [-0.2, 0) is 9.47 Å². The Balaban J connectivity index is 1.72. The van der Waals surface area contributed by atoms with Crippen molar-refractivity contribution >= 4 is 17.6 Å². The topological polar surface area (TPSA) is 139 Å². The number of benzene rings is 2. The van der Waals surface area contributed by atoms with Crippen LogP contribution in [0.2, 0.25) is 0 Å². The van der Waals surface area contributed by atoms with Gasteiger partial charge in [-0.3, -0.25) is 15.1 Å². The molecule has 0 saturated heterocycles. The standard InChI is InChI=1S/C30H35N3O8/c1-20-26(29(34)38-3)28(27(21(2)32-20)30(35)39-4)24-19-22(33(36)37)13-14-25(24)41-17-9-8-15-31-16-10-18-40-23-11-6-5-7-12-23/h5-7,11-14,19,31H,8-10,15-18H2,1-4H3. The van der Waals surface area contributed by atoms with Gasteiger partial charge < -0.3 is 24.3 Å². The summed E-state index contributed by atoms with van der Waals surface area (Å²) >= 11 is 0. The summed E-state index contributed by atoms with van der Waals surface area (Å²) in [6.07, 6.45) is 2.40. The lowest BCUT2D eigenvalue weighted by atomic mass is 9.91. The van der Waals surface area contributed by atoms with Crippen molar-refractivity contribution in [2.24, 2.45) is 0 Å². The second-order valence-electron chi connectivity index (χ2n) is 9.15. The number of non-ortho nitro benzene ring substituents is 1. The maximum absolute atomic E-state index is 12.8. The van der Waals surface area contributed by atoms with Crippen LogP contribution in [0.3, 0.4) is 0 Å². The summed E-state index contributed by atoms with van der Waals surface area (Å²) in [6.45, 7) is 5.73. The fourth-order valence-corrected chi connectivity index (χ4v) is 4.34. The largest absolute Gasteiger partial charge is 0.494 e. The minimum atomic E-state index is -0.743. The number of para-hydroxylation sites is 1. The number of rotatable bonds is 15. The average molecular weight is 566 g/mol. The smallest absolute Gasteiger partial charge is 0.340 e. The summed E-state index contributed by atoms with van der Waals surface area (Å²) in [7, 11) is 2.41. The van der Waals surface area contributed by atoms with Gasteiger partial charge in [0.2, 0.25) is 0 Å². The van der Waals surface area contributed by atoms with E-state index < -0.39 is 16.9 Å². The van der Waals surface area contributed by atoms with Crippen LogP contribution in [0, 0.1) is 24.0 Å². The van der Waals surface area contributed by atoms with Gasteiger partial charge in [-0.25, -0.2) is 9.59 Å². The first-order valence-corrected chi connectivity index (χ1v) is 13.3. The van der Waals surface area contributed by atoms with E-state index in [1.807, 2.05) is 30.3 Å². The molecule has 218 valence electrons. The Morgan fingerprint density at radius 1 is 0.854 bits per heavy atom. The molecule has 2 aromatic carbocycles. The van der Waals surface area contributed by atoms with Gasteiger partial charge in [0.15, 0.2) is 0 Å². The highest BCUT2D eigenvalue weighted by atomic mass is 16.6. The molecular weight excluding hydrogens is 530 g/mol. The first-order chi connectivity index (χ1) is 19.8. The van der Waals surface area contributed by atoms with Crippen LogP contribution in [0.5, 0.6) is 11.5 Å². The summed E-state index contributed by atoms with van der Waals surface area (Å²) in [5.74, 6) is -0.354. The van der Waals surface area contributed by atoms with E-state index in [0.717, 1.165) is 31.7 Å².